The van der Waals surface area contributed by atoms with Gasteiger partial charge in [0.25, 0.3) is 5.89 Å². The number of nitrogens with zero attached hydrogens (tertiary/aromatic N) is 4. The smallest absolute Gasteiger partial charge is 0.417 e. The third kappa shape index (κ3) is 4.11. The molecular formula is C23H21F4N5O2. The highest BCUT2D eigenvalue weighted by atomic mass is 19.4. The molecule has 0 radical (unpaired) electrons. The summed E-state index contributed by atoms with van der Waals surface area (Å²) in [6, 6.07) is 3.97. The lowest BCUT2D eigenvalue weighted by molar-refractivity contribution is -0.137. The van der Waals surface area contributed by atoms with Crippen LogP contribution in [0, 0.1) is 12.7 Å². The molecule has 34 heavy (non-hydrogen) atoms. The summed E-state index contributed by atoms with van der Waals surface area (Å²) in [5.74, 6) is -0.221. The number of aryl methyl sites for hydroxylation is 2. The van der Waals surface area contributed by atoms with Gasteiger partial charge >= 0.3 is 6.18 Å². The van der Waals surface area contributed by atoms with E-state index < -0.39 is 17.6 Å². The molecule has 1 fully saturated rings. The molecule has 0 spiro atoms. The topological polar surface area (TPSA) is 77.5 Å². The van der Waals surface area contributed by atoms with Gasteiger partial charge in [0, 0.05) is 24.5 Å². The van der Waals surface area contributed by atoms with Crippen LogP contribution in [-0.4, -0.2) is 38.7 Å². The van der Waals surface area contributed by atoms with Gasteiger partial charge in [0.1, 0.15) is 17.4 Å². The standard InChI is InChI=1S/C23H21F4N5O2/c1-3-13-7-14(23(25,26)27)10-32-11-18(29-21(13)32)22-30-20(31-34-22)16-8-17(24)19(6-12(16)2)33-15-4-5-28-9-15/h6-8,10-11,15,28H,3-5,9H2,1-2H3. The van der Waals surface area contributed by atoms with Crippen LogP contribution in [0.2, 0.25) is 0 Å². The minimum atomic E-state index is -4.48. The molecule has 0 amide bonds. The second-order valence-corrected chi connectivity index (χ2v) is 8.22. The van der Waals surface area contributed by atoms with Crippen molar-refractivity contribution in [3.05, 3.63) is 53.1 Å². The number of rotatable bonds is 5. The number of nitrogens with one attached hydrogen (secondary N) is 1. The van der Waals surface area contributed by atoms with Crippen molar-refractivity contribution in [3.63, 3.8) is 0 Å². The SMILES string of the molecule is CCc1cc(C(F)(F)F)cn2cc(-c3nc(-c4cc(F)c(OC5CCNC5)cc4C)no3)nc12. The molecule has 1 aliphatic rings. The van der Waals surface area contributed by atoms with Gasteiger partial charge in [0.15, 0.2) is 11.6 Å². The fourth-order valence-electron chi connectivity index (χ4n) is 4.02. The van der Waals surface area contributed by atoms with Crippen LogP contribution < -0.4 is 10.1 Å². The van der Waals surface area contributed by atoms with E-state index >= 15 is 0 Å². The molecule has 0 saturated carbocycles. The van der Waals surface area contributed by atoms with Crippen LogP contribution in [0.1, 0.15) is 30.0 Å². The van der Waals surface area contributed by atoms with Crippen molar-refractivity contribution >= 4 is 5.65 Å². The zero-order valence-corrected chi connectivity index (χ0v) is 18.4. The average Bonchev–Trinajstić information content (AvgIpc) is 3.54. The third-order valence-electron chi connectivity index (χ3n) is 5.81. The Balaban J connectivity index is 1.47. The number of benzene rings is 1. The van der Waals surface area contributed by atoms with E-state index in [1.807, 2.05) is 0 Å². The Morgan fingerprint density at radius 1 is 1.21 bits per heavy atom. The third-order valence-corrected chi connectivity index (χ3v) is 5.81. The lowest BCUT2D eigenvalue weighted by atomic mass is 10.1. The average molecular weight is 475 g/mol. The molecule has 4 aromatic rings. The fourth-order valence-corrected chi connectivity index (χ4v) is 4.02. The van der Waals surface area contributed by atoms with Crippen molar-refractivity contribution in [2.75, 3.05) is 13.1 Å². The van der Waals surface area contributed by atoms with Gasteiger partial charge in [0.05, 0.1) is 5.56 Å². The maximum atomic E-state index is 14.7. The van der Waals surface area contributed by atoms with Crippen molar-refractivity contribution in [2.45, 2.75) is 39.0 Å². The predicted molar refractivity (Wildman–Crippen MR) is 115 cm³/mol. The summed E-state index contributed by atoms with van der Waals surface area (Å²) in [5.41, 5.74) is 1.37. The molecule has 1 aromatic carbocycles. The van der Waals surface area contributed by atoms with E-state index in [0.717, 1.165) is 25.2 Å². The Bertz CT molecular complexity index is 1360. The van der Waals surface area contributed by atoms with Crippen molar-refractivity contribution in [2.24, 2.45) is 0 Å². The van der Waals surface area contributed by atoms with Gasteiger partial charge in [-0.25, -0.2) is 9.37 Å². The summed E-state index contributed by atoms with van der Waals surface area (Å²) in [7, 11) is 0. The van der Waals surface area contributed by atoms with Gasteiger partial charge in [-0.3, -0.25) is 0 Å². The zero-order chi connectivity index (χ0) is 24.0. The van der Waals surface area contributed by atoms with E-state index in [9.17, 15) is 17.6 Å². The molecule has 1 atom stereocenters. The summed E-state index contributed by atoms with van der Waals surface area (Å²) in [4.78, 5) is 8.71. The summed E-state index contributed by atoms with van der Waals surface area (Å²) in [6.45, 7) is 5.03. The van der Waals surface area contributed by atoms with Crippen LogP contribution >= 0.6 is 0 Å². The highest BCUT2D eigenvalue weighted by Crippen LogP contribution is 2.33. The number of ether oxygens (including phenoxy) is 1. The second-order valence-electron chi connectivity index (χ2n) is 8.22. The van der Waals surface area contributed by atoms with E-state index in [-0.39, 0.29) is 29.3 Å². The maximum Gasteiger partial charge on any atom is 0.417 e. The monoisotopic (exact) mass is 475 g/mol. The van der Waals surface area contributed by atoms with Gasteiger partial charge in [-0.05, 0) is 55.6 Å². The van der Waals surface area contributed by atoms with Crippen LogP contribution in [0.3, 0.4) is 0 Å². The van der Waals surface area contributed by atoms with Crippen LogP contribution in [0.25, 0.3) is 28.6 Å². The first-order valence-corrected chi connectivity index (χ1v) is 10.8. The summed E-state index contributed by atoms with van der Waals surface area (Å²) in [5, 5.41) is 7.10. The van der Waals surface area contributed by atoms with E-state index in [1.54, 1.807) is 19.9 Å². The van der Waals surface area contributed by atoms with Gasteiger partial charge in [-0.15, -0.1) is 0 Å². The molecule has 4 heterocycles. The molecule has 7 nitrogen and oxygen atoms in total. The molecule has 178 valence electrons. The first kappa shape index (κ1) is 22.3. The van der Waals surface area contributed by atoms with Crippen molar-refractivity contribution < 1.29 is 26.8 Å². The predicted octanol–water partition coefficient (Wildman–Crippen LogP) is 4.82. The number of aromatic nitrogens is 4. The van der Waals surface area contributed by atoms with Crippen molar-refractivity contribution in [1.29, 1.82) is 0 Å². The molecular weight excluding hydrogens is 454 g/mol. The number of hydrogen-bond acceptors (Lipinski definition) is 6. The summed E-state index contributed by atoms with van der Waals surface area (Å²) >= 11 is 0. The molecule has 0 bridgehead atoms. The number of pyridine rings is 1. The van der Waals surface area contributed by atoms with Gasteiger partial charge in [0.2, 0.25) is 5.82 Å². The number of hydrogen-bond donors (Lipinski definition) is 1. The minimum Gasteiger partial charge on any atom is -0.486 e. The molecule has 5 rings (SSSR count). The summed E-state index contributed by atoms with van der Waals surface area (Å²) < 4.78 is 66.8. The van der Waals surface area contributed by atoms with Crippen LogP contribution in [0.15, 0.2) is 35.1 Å². The van der Waals surface area contributed by atoms with E-state index in [1.165, 1.54) is 16.7 Å². The highest BCUT2D eigenvalue weighted by molar-refractivity contribution is 5.65. The Labute approximate surface area is 191 Å². The fraction of sp³-hybridized carbons (Fsp3) is 0.348. The Hall–Kier alpha value is -3.47. The number of imidazole rings is 1. The Kier molecular flexibility index (Phi) is 5.51. The first-order chi connectivity index (χ1) is 16.2. The zero-order valence-electron chi connectivity index (χ0n) is 18.4. The molecule has 3 aromatic heterocycles. The van der Waals surface area contributed by atoms with Crippen molar-refractivity contribution in [1.82, 2.24) is 24.8 Å². The molecule has 1 aliphatic heterocycles. The normalized spacial score (nSPS) is 16.5. The molecule has 1 unspecified atom stereocenters. The van der Waals surface area contributed by atoms with Crippen molar-refractivity contribution in [3.8, 4) is 28.7 Å². The number of alkyl halides is 3. The Morgan fingerprint density at radius 2 is 2.03 bits per heavy atom. The molecule has 1 saturated heterocycles. The number of halogens is 4. The minimum absolute atomic E-state index is 0.0199. The van der Waals surface area contributed by atoms with Crippen LogP contribution in [0.5, 0.6) is 5.75 Å². The van der Waals surface area contributed by atoms with Gasteiger partial charge in [-0.1, -0.05) is 12.1 Å². The quantitative estimate of drug-likeness (QED) is 0.417. The molecule has 11 heteroatoms. The molecule has 1 N–H and O–H groups in total. The van der Waals surface area contributed by atoms with E-state index in [4.69, 9.17) is 9.26 Å². The first-order valence-electron chi connectivity index (χ1n) is 10.8. The number of fused-ring (bicyclic) bond motifs is 1. The maximum absolute atomic E-state index is 14.7. The largest absolute Gasteiger partial charge is 0.486 e. The van der Waals surface area contributed by atoms with E-state index in [2.05, 4.69) is 20.4 Å². The van der Waals surface area contributed by atoms with Gasteiger partial charge < -0.3 is 19.0 Å². The van der Waals surface area contributed by atoms with Gasteiger partial charge in [-0.2, -0.15) is 18.2 Å². The summed E-state index contributed by atoms with van der Waals surface area (Å²) in [6.07, 6.45) is -1.02. The lowest BCUT2D eigenvalue weighted by Crippen LogP contribution is -2.20. The van der Waals surface area contributed by atoms with E-state index in [0.29, 0.717) is 35.3 Å². The van der Waals surface area contributed by atoms with Crippen LogP contribution in [-0.2, 0) is 12.6 Å². The Morgan fingerprint density at radius 3 is 2.74 bits per heavy atom. The molecule has 0 aliphatic carbocycles. The van der Waals surface area contributed by atoms with Crippen LogP contribution in [0.4, 0.5) is 17.6 Å². The highest BCUT2D eigenvalue weighted by Gasteiger charge is 2.32. The lowest BCUT2D eigenvalue weighted by Gasteiger charge is -2.14. The second kappa shape index (κ2) is 8.39.